The van der Waals surface area contributed by atoms with Gasteiger partial charge in [0, 0.05) is 16.8 Å². The largest absolute Gasteiger partial charge is 0.324 e. The average Bonchev–Trinajstić information content (AvgIpc) is 2.51. The molecule has 1 amide bonds. The van der Waals surface area contributed by atoms with Crippen LogP contribution in [0.1, 0.15) is 6.92 Å². The molecule has 0 saturated heterocycles. The van der Waals surface area contributed by atoms with Crippen molar-refractivity contribution in [2.45, 2.75) is 13.0 Å². The average molecular weight is 389 g/mol. The van der Waals surface area contributed by atoms with E-state index in [1.807, 2.05) is 0 Å². The molecule has 0 aliphatic rings. The maximum absolute atomic E-state index is 13.5. The second-order valence-corrected chi connectivity index (χ2v) is 7.63. The summed E-state index contributed by atoms with van der Waals surface area (Å²) in [5, 5.41) is 3.02. The molecule has 0 fully saturated rings. The third-order valence-corrected chi connectivity index (χ3v) is 4.85. The normalized spacial score (nSPS) is 12.5. The molecule has 0 radical (unpaired) electrons. The van der Waals surface area contributed by atoms with E-state index < -0.39 is 33.6 Å². The Labute approximate surface area is 149 Å². The molecule has 0 heterocycles. The maximum Gasteiger partial charge on any atom is 0.247 e. The van der Waals surface area contributed by atoms with Gasteiger partial charge < -0.3 is 5.32 Å². The molecule has 0 bridgehead atoms. The minimum atomic E-state index is -3.93. The van der Waals surface area contributed by atoms with Crippen LogP contribution in [-0.4, -0.2) is 26.6 Å². The van der Waals surface area contributed by atoms with E-state index in [4.69, 9.17) is 11.6 Å². The highest BCUT2D eigenvalue weighted by Gasteiger charge is 2.29. The zero-order valence-electron chi connectivity index (χ0n) is 13.3. The van der Waals surface area contributed by atoms with Crippen LogP contribution in [0.5, 0.6) is 0 Å². The van der Waals surface area contributed by atoms with E-state index in [-0.39, 0.29) is 5.69 Å². The van der Waals surface area contributed by atoms with Crippen molar-refractivity contribution in [3.63, 3.8) is 0 Å². The van der Waals surface area contributed by atoms with Crippen LogP contribution in [0, 0.1) is 11.6 Å². The van der Waals surface area contributed by atoms with E-state index in [1.54, 1.807) is 24.3 Å². The molecule has 0 saturated carbocycles. The summed E-state index contributed by atoms with van der Waals surface area (Å²) in [6, 6.07) is 7.64. The monoisotopic (exact) mass is 388 g/mol. The van der Waals surface area contributed by atoms with E-state index >= 15 is 0 Å². The molecule has 2 rings (SSSR count). The van der Waals surface area contributed by atoms with Gasteiger partial charge in [0.05, 0.1) is 11.9 Å². The van der Waals surface area contributed by atoms with E-state index in [0.29, 0.717) is 10.7 Å². The number of amides is 1. The van der Waals surface area contributed by atoms with Crippen LogP contribution in [0.25, 0.3) is 0 Å². The zero-order valence-corrected chi connectivity index (χ0v) is 14.9. The molecular formula is C16H15ClF2N2O3S. The first-order chi connectivity index (χ1) is 11.6. The minimum Gasteiger partial charge on any atom is -0.324 e. The number of hydrogen-bond donors (Lipinski definition) is 1. The Morgan fingerprint density at radius 1 is 1.12 bits per heavy atom. The van der Waals surface area contributed by atoms with E-state index in [9.17, 15) is 22.0 Å². The summed E-state index contributed by atoms with van der Waals surface area (Å²) < 4.78 is 51.5. The van der Waals surface area contributed by atoms with E-state index in [2.05, 4.69) is 5.32 Å². The summed E-state index contributed by atoms with van der Waals surface area (Å²) in [5.41, 5.74) is 0.264. The van der Waals surface area contributed by atoms with Gasteiger partial charge in [-0.25, -0.2) is 17.2 Å². The molecule has 1 N–H and O–H groups in total. The second kappa shape index (κ2) is 7.37. The number of nitrogens with zero attached hydrogens (tertiary/aromatic N) is 1. The fourth-order valence-corrected chi connectivity index (χ4v) is 3.50. The number of anilines is 2. The topological polar surface area (TPSA) is 66.5 Å². The lowest BCUT2D eigenvalue weighted by Crippen LogP contribution is -2.45. The Hall–Kier alpha value is -2.19. The molecule has 0 aromatic heterocycles. The number of benzene rings is 2. The van der Waals surface area contributed by atoms with E-state index in [1.165, 1.54) is 6.92 Å². The molecule has 134 valence electrons. The van der Waals surface area contributed by atoms with Gasteiger partial charge in [-0.1, -0.05) is 11.6 Å². The van der Waals surface area contributed by atoms with E-state index in [0.717, 1.165) is 28.8 Å². The molecule has 2 aromatic rings. The van der Waals surface area contributed by atoms with Gasteiger partial charge in [-0.15, -0.1) is 0 Å². The van der Waals surface area contributed by atoms with Gasteiger partial charge in [0.15, 0.2) is 11.6 Å². The van der Waals surface area contributed by atoms with Crippen LogP contribution < -0.4 is 9.62 Å². The number of carbonyl (C=O) groups is 1. The summed E-state index contributed by atoms with van der Waals surface area (Å²) in [6.07, 6.45) is 0.875. The highest BCUT2D eigenvalue weighted by Crippen LogP contribution is 2.24. The third kappa shape index (κ3) is 4.67. The molecular weight excluding hydrogens is 374 g/mol. The maximum atomic E-state index is 13.5. The number of sulfonamides is 1. The number of hydrogen-bond acceptors (Lipinski definition) is 3. The smallest absolute Gasteiger partial charge is 0.247 e. The van der Waals surface area contributed by atoms with Crippen molar-refractivity contribution in [2.75, 3.05) is 15.9 Å². The van der Waals surface area contributed by atoms with Gasteiger partial charge in [-0.05, 0) is 43.3 Å². The quantitative estimate of drug-likeness (QED) is 0.853. The summed E-state index contributed by atoms with van der Waals surface area (Å²) in [7, 11) is -3.93. The Morgan fingerprint density at radius 2 is 1.72 bits per heavy atom. The van der Waals surface area contributed by atoms with Gasteiger partial charge in [0.2, 0.25) is 15.9 Å². The molecule has 5 nitrogen and oxygen atoms in total. The Kier molecular flexibility index (Phi) is 5.64. The Bertz CT molecular complexity index is 889. The summed E-state index contributed by atoms with van der Waals surface area (Å²) in [6.45, 7) is 1.34. The molecule has 0 spiro atoms. The molecule has 0 aliphatic heterocycles. The first-order valence-corrected chi connectivity index (χ1v) is 9.33. The number of halogens is 3. The van der Waals surface area contributed by atoms with Crippen molar-refractivity contribution in [1.29, 1.82) is 0 Å². The van der Waals surface area contributed by atoms with Crippen molar-refractivity contribution in [2.24, 2.45) is 0 Å². The van der Waals surface area contributed by atoms with Gasteiger partial charge >= 0.3 is 0 Å². The van der Waals surface area contributed by atoms with Gasteiger partial charge in [0.25, 0.3) is 0 Å². The minimum absolute atomic E-state index is 0.153. The van der Waals surface area contributed by atoms with Crippen LogP contribution in [0.2, 0.25) is 5.02 Å². The van der Waals surface area contributed by atoms with Crippen LogP contribution in [-0.2, 0) is 14.8 Å². The Morgan fingerprint density at radius 3 is 2.24 bits per heavy atom. The first kappa shape index (κ1) is 19.1. The lowest BCUT2D eigenvalue weighted by molar-refractivity contribution is -0.116. The number of nitrogens with one attached hydrogen (secondary N) is 1. The SMILES string of the molecule is C[C@H](C(=O)Nc1ccc(Cl)cc1)N(c1ccc(F)c(F)c1)S(C)(=O)=O. The van der Waals surface area contributed by atoms with Crippen LogP contribution in [0.15, 0.2) is 42.5 Å². The Balaban J connectivity index is 2.32. The summed E-state index contributed by atoms with van der Waals surface area (Å²) in [5.74, 6) is -2.97. The third-order valence-electron chi connectivity index (χ3n) is 3.36. The van der Waals surface area contributed by atoms with Crippen LogP contribution >= 0.6 is 11.6 Å². The second-order valence-electron chi connectivity index (χ2n) is 5.33. The van der Waals surface area contributed by atoms with Gasteiger partial charge in [0.1, 0.15) is 6.04 Å². The molecule has 0 aliphatic carbocycles. The van der Waals surface area contributed by atoms with Crippen molar-refractivity contribution in [3.05, 3.63) is 59.1 Å². The van der Waals surface area contributed by atoms with Crippen LogP contribution in [0.3, 0.4) is 0 Å². The highest BCUT2D eigenvalue weighted by atomic mass is 35.5. The van der Waals surface area contributed by atoms with Gasteiger partial charge in [-0.3, -0.25) is 9.10 Å². The fraction of sp³-hybridized carbons (Fsp3) is 0.188. The molecule has 2 aromatic carbocycles. The summed E-state index contributed by atoms with van der Waals surface area (Å²) in [4.78, 5) is 12.4. The lowest BCUT2D eigenvalue weighted by atomic mass is 10.2. The number of rotatable bonds is 5. The standard InChI is InChI=1S/C16H15ClF2N2O3S/c1-10(16(22)20-12-5-3-11(17)4-6-12)21(25(2,23)24)13-7-8-14(18)15(19)9-13/h3-10H,1-2H3,(H,20,22)/t10-/m1/s1. The molecule has 9 heteroatoms. The molecule has 0 unspecified atom stereocenters. The predicted molar refractivity (Wildman–Crippen MR) is 93.2 cm³/mol. The van der Waals surface area contributed by atoms with Crippen molar-refractivity contribution in [1.82, 2.24) is 0 Å². The lowest BCUT2D eigenvalue weighted by Gasteiger charge is -2.28. The predicted octanol–water partition coefficient (Wildman–Crippen LogP) is 3.41. The van der Waals surface area contributed by atoms with Crippen molar-refractivity contribution in [3.8, 4) is 0 Å². The van der Waals surface area contributed by atoms with Crippen molar-refractivity contribution < 1.29 is 22.0 Å². The summed E-state index contributed by atoms with van der Waals surface area (Å²) >= 11 is 5.76. The first-order valence-electron chi connectivity index (χ1n) is 7.10. The van der Waals surface area contributed by atoms with Gasteiger partial charge in [-0.2, -0.15) is 0 Å². The highest BCUT2D eigenvalue weighted by molar-refractivity contribution is 7.92. The number of carbonyl (C=O) groups excluding carboxylic acids is 1. The zero-order chi connectivity index (χ0) is 18.8. The fourth-order valence-electron chi connectivity index (χ4n) is 2.21. The van der Waals surface area contributed by atoms with Crippen molar-refractivity contribution >= 4 is 38.9 Å². The molecule has 1 atom stereocenters. The molecule has 25 heavy (non-hydrogen) atoms. The van der Waals surface area contributed by atoms with Crippen LogP contribution in [0.4, 0.5) is 20.2 Å².